The molecule has 1 aromatic heterocycles. The minimum Gasteiger partial charge on any atom is -0.466 e. The van der Waals surface area contributed by atoms with E-state index in [-0.39, 0.29) is 25.0 Å². The molecule has 12 heteroatoms. The fourth-order valence-electron chi connectivity index (χ4n) is 7.75. The van der Waals surface area contributed by atoms with Crippen molar-refractivity contribution in [2.75, 3.05) is 63.5 Å². The molecule has 3 aromatic rings. The van der Waals surface area contributed by atoms with E-state index in [4.69, 9.17) is 28.9 Å². The molecule has 4 aliphatic heterocycles. The molecule has 0 saturated carbocycles. The zero-order valence-corrected chi connectivity index (χ0v) is 30.3. The van der Waals surface area contributed by atoms with Crippen LogP contribution in [-0.2, 0) is 22.4 Å². The molecule has 0 radical (unpaired) electrons. The highest BCUT2D eigenvalue weighted by Gasteiger charge is 2.45. The van der Waals surface area contributed by atoms with Gasteiger partial charge in [-0.3, -0.25) is 4.90 Å². The lowest BCUT2D eigenvalue weighted by atomic mass is 10.0. The van der Waals surface area contributed by atoms with Crippen molar-refractivity contribution >= 4 is 44.3 Å². The molecule has 258 valence electrons. The van der Waals surface area contributed by atoms with Gasteiger partial charge >= 0.3 is 12.1 Å². The van der Waals surface area contributed by atoms with E-state index in [0.717, 1.165) is 77.0 Å². The fraction of sp³-hybridized carbons (Fsp3) is 0.583. The molecule has 3 atom stereocenters. The highest BCUT2D eigenvalue weighted by molar-refractivity contribution is 9.10. The van der Waals surface area contributed by atoms with Crippen LogP contribution in [0.5, 0.6) is 11.8 Å². The Bertz CT molecular complexity index is 1650. The van der Waals surface area contributed by atoms with Crippen LogP contribution in [0.4, 0.5) is 16.3 Å². The number of rotatable bonds is 8. The van der Waals surface area contributed by atoms with Crippen LogP contribution >= 0.6 is 15.9 Å². The van der Waals surface area contributed by atoms with E-state index in [1.54, 1.807) is 7.11 Å². The Labute approximate surface area is 291 Å². The molecular formula is C36H47BrN6O5. The number of methoxy groups -OCH3 is 1. The zero-order valence-electron chi connectivity index (χ0n) is 28.7. The number of aromatic nitrogens is 2. The molecule has 11 nitrogen and oxygen atoms in total. The van der Waals surface area contributed by atoms with Crippen molar-refractivity contribution in [3.63, 3.8) is 0 Å². The van der Waals surface area contributed by atoms with Gasteiger partial charge in [-0.05, 0) is 82.4 Å². The van der Waals surface area contributed by atoms with Gasteiger partial charge in [0, 0.05) is 60.9 Å². The highest BCUT2D eigenvalue weighted by Crippen LogP contribution is 2.42. The molecule has 7 rings (SSSR count). The van der Waals surface area contributed by atoms with Gasteiger partial charge in [0.1, 0.15) is 23.8 Å². The minimum absolute atomic E-state index is 0.0838. The molecule has 1 amide bonds. The number of fused-ring (bicyclic) bond motifs is 4. The molecular weight excluding hydrogens is 676 g/mol. The lowest BCUT2D eigenvalue weighted by Crippen LogP contribution is -2.57. The molecule has 2 aromatic carbocycles. The third kappa shape index (κ3) is 6.63. The molecule has 48 heavy (non-hydrogen) atoms. The van der Waals surface area contributed by atoms with Crippen LogP contribution < -0.4 is 19.3 Å². The summed E-state index contributed by atoms with van der Waals surface area (Å²) in [5.74, 6) is 1.68. The number of carbonyl (C=O) groups excluding carboxylic acids is 1. The lowest BCUT2D eigenvalue weighted by molar-refractivity contribution is 0.0122. The van der Waals surface area contributed by atoms with E-state index in [2.05, 4.69) is 61.9 Å². The number of ether oxygens (including phenoxy) is 4. The van der Waals surface area contributed by atoms with Gasteiger partial charge < -0.3 is 33.6 Å². The number of anilines is 2. The lowest BCUT2D eigenvalue weighted by Gasteiger charge is -2.43. The van der Waals surface area contributed by atoms with Crippen LogP contribution in [0.2, 0.25) is 0 Å². The second-order valence-corrected chi connectivity index (χ2v) is 15.3. The first kappa shape index (κ1) is 33.2. The number of nitrogens with zero attached hydrogens (tertiary/aromatic N) is 6. The van der Waals surface area contributed by atoms with Gasteiger partial charge in [-0.1, -0.05) is 24.3 Å². The third-order valence-corrected chi connectivity index (χ3v) is 10.9. The SMILES string of the molecule is COCOc1cc(N2CCc3c(nc(OC[C@@H]4CCCN4C)nc3N3C[C@H]4CC[C@@H](C3)N4C(=O)OC(C)(C)C)C2)c2ccccc2c1Br. The zero-order chi connectivity index (χ0) is 33.6. The predicted molar refractivity (Wildman–Crippen MR) is 189 cm³/mol. The maximum atomic E-state index is 13.2. The Hall–Kier alpha value is -3.35. The van der Waals surface area contributed by atoms with Gasteiger partial charge in [0.25, 0.3) is 0 Å². The van der Waals surface area contributed by atoms with Gasteiger partial charge in [0.15, 0.2) is 6.79 Å². The number of halogens is 1. The summed E-state index contributed by atoms with van der Waals surface area (Å²) in [6, 6.07) is 11.4. The van der Waals surface area contributed by atoms with Gasteiger partial charge in [-0.25, -0.2) is 4.79 Å². The van der Waals surface area contributed by atoms with E-state index in [1.165, 1.54) is 12.0 Å². The summed E-state index contributed by atoms with van der Waals surface area (Å²) in [4.78, 5) is 32.5. The fourth-order valence-corrected chi connectivity index (χ4v) is 8.33. The average molecular weight is 724 g/mol. The van der Waals surface area contributed by atoms with Crippen molar-refractivity contribution in [1.29, 1.82) is 0 Å². The molecule has 5 heterocycles. The number of piperazine rings is 1. The van der Waals surface area contributed by atoms with Gasteiger partial charge in [0.05, 0.1) is 28.8 Å². The summed E-state index contributed by atoms with van der Waals surface area (Å²) in [5, 5.41) is 2.22. The molecule has 0 N–H and O–H groups in total. The van der Waals surface area contributed by atoms with E-state index in [0.29, 0.717) is 38.3 Å². The van der Waals surface area contributed by atoms with Crippen molar-refractivity contribution in [3.8, 4) is 11.8 Å². The van der Waals surface area contributed by atoms with Crippen LogP contribution in [0.3, 0.4) is 0 Å². The first-order valence-electron chi connectivity index (χ1n) is 17.2. The molecule has 0 unspecified atom stereocenters. The number of hydrogen-bond acceptors (Lipinski definition) is 10. The molecule has 2 bridgehead atoms. The summed E-state index contributed by atoms with van der Waals surface area (Å²) in [7, 11) is 3.78. The summed E-state index contributed by atoms with van der Waals surface area (Å²) in [6.07, 6.45) is 4.79. The standard InChI is InChI=1S/C36H47BrN6O5/c1-36(2,3)48-35(44)43-23-12-13-24(43)19-42(18-23)33-28-14-16-41(20-29(28)38-34(39-33)46-21-25-9-8-15-40(25)4)30-17-31(47-22-45-5)32(37)27-11-7-6-10-26(27)30/h6-7,10-11,17,23-25H,8-9,12-16,18-22H2,1-5H3/t23-,24+,25-/m0/s1. The van der Waals surface area contributed by atoms with E-state index in [1.807, 2.05) is 31.7 Å². The number of carbonyl (C=O) groups is 1. The Morgan fingerprint density at radius 1 is 1.00 bits per heavy atom. The molecule has 3 fully saturated rings. The van der Waals surface area contributed by atoms with Crippen molar-refractivity contribution in [1.82, 2.24) is 19.8 Å². The smallest absolute Gasteiger partial charge is 0.410 e. The number of likely N-dealkylation sites (N-methyl/N-ethyl adjacent to an activating group) is 1. The summed E-state index contributed by atoms with van der Waals surface area (Å²) >= 11 is 3.77. The van der Waals surface area contributed by atoms with Gasteiger partial charge in [-0.15, -0.1) is 0 Å². The first-order chi connectivity index (χ1) is 23.1. The highest BCUT2D eigenvalue weighted by atomic mass is 79.9. The predicted octanol–water partition coefficient (Wildman–Crippen LogP) is 6.00. The van der Waals surface area contributed by atoms with E-state index in [9.17, 15) is 4.79 Å². The maximum Gasteiger partial charge on any atom is 0.410 e. The van der Waals surface area contributed by atoms with Crippen molar-refractivity contribution in [2.24, 2.45) is 0 Å². The van der Waals surface area contributed by atoms with E-state index >= 15 is 0 Å². The van der Waals surface area contributed by atoms with Crippen molar-refractivity contribution in [2.45, 2.75) is 83.1 Å². The number of benzene rings is 2. The van der Waals surface area contributed by atoms with E-state index < -0.39 is 5.60 Å². The summed E-state index contributed by atoms with van der Waals surface area (Å²) in [6.45, 7) is 10.4. The Kier molecular flexibility index (Phi) is 9.34. The van der Waals surface area contributed by atoms with Gasteiger partial charge in [0.2, 0.25) is 0 Å². The number of hydrogen-bond donors (Lipinski definition) is 0. The van der Waals surface area contributed by atoms with Crippen LogP contribution in [0.15, 0.2) is 34.8 Å². The topological polar surface area (TPSA) is 92.7 Å². The summed E-state index contributed by atoms with van der Waals surface area (Å²) in [5.41, 5.74) is 2.71. The van der Waals surface area contributed by atoms with Crippen molar-refractivity contribution < 1.29 is 23.7 Å². The number of amides is 1. The van der Waals surface area contributed by atoms with Crippen molar-refractivity contribution in [3.05, 3.63) is 46.1 Å². The Balaban J connectivity index is 1.21. The molecule has 4 aliphatic rings. The molecule has 3 saturated heterocycles. The second-order valence-electron chi connectivity index (χ2n) is 14.5. The molecule has 0 aliphatic carbocycles. The minimum atomic E-state index is -0.526. The van der Waals surface area contributed by atoms with Crippen LogP contribution in [0.1, 0.15) is 57.7 Å². The van der Waals surface area contributed by atoms with Crippen LogP contribution in [0, 0.1) is 0 Å². The van der Waals surface area contributed by atoms with Crippen LogP contribution in [-0.4, -0.2) is 103 Å². The summed E-state index contributed by atoms with van der Waals surface area (Å²) < 4.78 is 24.3. The average Bonchev–Trinajstić information content (AvgIpc) is 3.60. The number of likely N-dealkylation sites (tertiary alicyclic amines) is 1. The Morgan fingerprint density at radius 3 is 2.44 bits per heavy atom. The third-order valence-electron chi connectivity index (χ3n) is 10.1. The second kappa shape index (κ2) is 13.5. The van der Waals surface area contributed by atoms with Gasteiger partial charge in [-0.2, -0.15) is 9.97 Å². The normalized spacial score (nSPS) is 22.7. The van der Waals surface area contributed by atoms with Crippen LogP contribution in [0.25, 0.3) is 10.8 Å². The quantitative estimate of drug-likeness (QED) is 0.258. The largest absolute Gasteiger partial charge is 0.466 e. The monoisotopic (exact) mass is 722 g/mol. The first-order valence-corrected chi connectivity index (χ1v) is 18.0. The Morgan fingerprint density at radius 2 is 1.75 bits per heavy atom. The molecule has 0 spiro atoms. The maximum absolute atomic E-state index is 13.2.